The first kappa shape index (κ1) is 19.9. The lowest BCUT2D eigenvalue weighted by Gasteiger charge is -2.30. The molecule has 1 aliphatic rings. The molecule has 32 heavy (non-hydrogen) atoms. The van der Waals surface area contributed by atoms with Gasteiger partial charge in [0.25, 0.3) is 5.91 Å². The number of rotatable bonds is 5. The smallest absolute Gasteiger partial charge is 0.255 e. The van der Waals surface area contributed by atoms with Crippen LogP contribution in [-0.4, -0.2) is 22.1 Å². The van der Waals surface area contributed by atoms with Crippen molar-refractivity contribution in [3.63, 3.8) is 0 Å². The largest absolute Gasteiger partial charge is 0.492 e. The van der Waals surface area contributed by atoms with Crippen molar-refractivity contribution in [1.29, 1.82) is 0 Å². The second kappa shape index (κ2) is 8.23. The lowest BCUT2D eigenvalue weighted by Crippen LogP contribution is -2.31. The summed E-state index contributed by atoms with van der Waals surface area (Å²) in [6.07, 6.45) is 0. The zero-order valence-corrected chi connectivity index (χ0v) is 18.0. The summed E-state index contributed by atoms with van der Waals surface area (Å²) in [7, 11) is 0. The van der Waals surface area contributed by atoms with Gasteiger partial charge in [-0.3, -0.25) is 9.36 Å². The van der Waals surface area contributed by atoms with Gasteiger partial charge in [0.15, 0.2) is 0 Å². The minimum atomic E-state index is -0.320. The third-order valence-corrected chi connectivity index (χ3v) is 5.63. The molecule has 0 saturated carbocycles. The quantitative estimate of drug-likeness (QED) is 0.452. The Kier molecular flexibility index (Phi) is 5.11. The highest BCUT2D eigenvalue weighted by atomic mass is 16.5. The number of nitrogens with zero attached hydrogens (tertiary/aromatic N) is 2. The summed E-state index contributed by atoms with van der Waals surface area (Å²) in [6, 6.07) is 25.2. The number of para-hydroxylation sites is 4. The third-order valence-electron chi connectivity index (χ3n) is 5.63. The molecule has 1 aromatic heterocycles. The fourth-order valence-corrected chi connectivity index (χ4v) is 4.25. The van der Waals surface area contributed by atoms with E-state index >= 15 is 0 Å². The number of amides is 1. The Labute approximate surface area is 186 Å². The maximum Gasteiger partial charge on any atom is 0.255 e. The molecule has 0 aliphatic carbocycles. The van der Waals surface area contributed by atoms with Gasteiger partial charge in [0.2, 0.25) is 5.95 Å². The first-order valence-electron chi connectivity index (χ1n) is 10.7. The molecule has 0 bridgehead atoms. The zero-order valence-electron chi connectivity index (χ0n) is 18.0. The van der Waals surface area contributed by atoms with E-state index < -0.39 is 0 Å². The topological polar surface area (TPSA) is 68.2 Å². The van der Waals surface area contributed by atoms with Crippen LogP contribution in [0.4, 0.5) is 11.6 Å². The minimum absolute atomic E-state index is 0.181. The molecule has 4 aromatic rings. The van der Waals surface area contributed by atoms with Gasteiger partial charge < -0.3 is 15.4 Å². The molecule has 5 rings (SSSR count). The Morgan fingerprint density at radius 3 is 2.56 bits per heavy atom. The van der Waals surface area contributed by atoms with Gasteiger partial charge in [-0.05, 0) is 43.7 Å². The van der Waals surface area contributed by atoms with E-state index in [2.05, 4.69) is 15.2 Å². The number of fused-ring (bicyclic) bond motifs is 3. The van der Waals surface area contributed by atoms with E-state index in [4.69, 9.17) is 9.72 Å². The third kappa shape index (κ3) is 3.39. The van der Waals surface area contributed by atoms with Crippen LogP contribution in [0.25, 0.3) is 11.0 Å². The molecule has 2 heterocycles. The van der Waals surface area contributed by atoms with Crippen LogP contribution in [0.3, 0.4) is 0 Å². The summed E-state index contributed by atoms with van der Waals surface area (Å²) in [5.74, 6) is 1.19. The van der Waals surface area contributed by atoms with Gasteiger partial charge in [0.05, 0.1) is 34.9 Å². The summed E-state index contributed by atoms with van der Waals surface area (Å²) in [6.45, 7) is 4.36. The number of allylic oxidation sites excluding steroid dienone is 1. The van der Waals surface area contributed by atoms with Gasteiger partial charge in [-0.2, -0.15) is 0 Å². The summed E-state index contributed by atoms with van der Waals surface area (Å²) in [5, 5.41) is 6.42. The highest BCUT2D eigenvalue weighted by Crippen LogP contribution is 2.39. The number of carbonyl (C=O) groups excluding carboxylic acids is 1. The first-order chi connectivity index (χ1) is 15.7. The van der Waals surface area contributed by atoms with Gasteiger partial charge in [0, 0.05) is 5.70 Å². The number of benzene rings is 3. The zero-order chi connectivity index (χ0) is 22.1. The molecule has 0 radical (unpaired) electrons. The standard InChI is InChI=1S/C26H24N4O2/c1-3-32-22-16-10-8-14-20(22)28-25(31)23-17(2)27-26-29-19-13-7-9-15-21(19)30(26)24(23)18-11-5-4-6-12-18/h4-16,24H,3H2,1-2H3,(H,27,29)(H,28,31). The second-order valence-corrected chi connectivity index (χ2v) is 7.65. The minimum Gasteiger partial charge on any atom is -0.492 e. The van der Waals surface area contributed by atoms with Crippen molar-refractivity contribution in [3.8, 4) is 5.75 Å². The van der Waals surface area contributed by atoms with E-state index in [1.165, 1.54) is 0 Å². The van der Waals surface area contributed by atoms with E-state index in [-0.39, 0.29) is 11.9 Å². The molecule has 160 valence electrons. The molecule has 6 heteroatoms. The fourth-order valence-electron chi connectivity index (χ4n) is 4.25. The molecule has 6 nitrogen and oxygen atoms in total. The molecule has 1 amide bonds. The highest BCUT2D eigenvalue weighted by molar-refractivity contribution is 6.07. The summed E-state index contributed by atoms with van der Waals surface area (Å²) < 4.78 is 7.80. The van der Waals surface area contributed by atoms with Gasteiger partial charge in [-0.15, -0.1) is 0 Å². The van der Waals surface area contributed by atoms with Crippen molar-refractivity contribution >= 4 is 28.6 Å². The fraction of sp³-hybridized carbons (Fsp3) is 0.154. The normalized spacial score (nSPS) is 15.2. The number of aromatic nitrogens is 2. The number of carbonyl (C=O) groups is 1. The van der Waals surface area contributed by atoms with Crippen molar-refractivity contribution in [1.82, 2.24) is 9.55 Å². The van der Waals surface area contributed by atoms with Crippen LogP contribution < -0.4 is 15.4 Å². The van der Waals surface area contributed by atoms with Crippen LogP contribution in [0, 0.1) is 0 Å². The second-order valence-electron chi connectivity index (χ2n) is 7.65. The summed E-state index contributed by atoms with van der Waals surface area (Å²) >= 11 is 0. The van der Waals surface area contributed by atoms with Crippen LogP contribution in [-0.2, 0) is 4.79 Å². The van der Waals surface area contributed by atoms with Crippen molar-refractivity contribution in [2.24, 2.45) is 0 Å². The highest BCUT2D eigenvalue weighted by Gasteiger charge is 2.34. The van der Waals surface area contributed by atoms with E-state index in [1.807, 2.05) is 92.7 Å². The van der Waals surface area contributed by atoms with E-state index in [1.54, 1.807) is 0 Å². The maximum absolute atomic E-state index is 13.7. The number of anilines is 2. The first-order valence-corrected chi connectivity index (χ1v) is 10.7. The molecule has 1 atom stereocenters. The Morgan fingerprint density at radius 1 is 1.03 bits per heavy atom. The number of imidazole rings is 1. The molecule has 0 fully saturated rings. The van der Waals surface area contributed by atoms with Gasteiger partial charge in [-0.1, -0.05) is 54.6 Å². The average Bonchev–Trinajstić information content (AvgIpc) is 3.18. The monoisotopic (exact) mass is 424 g/mol. The lowest BCUT2D eigenvalue weighted by atomic mass is 9.94. The Morgan fingerprint density at radius 2 is 1.75 bits per heavy atom. The molecule has 2 N–H and O–H groups in total. The Hall–Kier alpha value is -4.06. The van der Waals surface area contributed by atoms with Crippen molar-refractivity contribution in [3.05, 3.63) is 95.7 Å². The molecule has 1 aliphatic heterocycles. The summed E-state index contributed by atoms with van der Waals surface area (Å²) in [5.41, 5.74) is 4.92. The Bertz CT molecular complexity index is 1320. The van der Waals surface area contributed by atoms with Gasteiger partial charge in [-0.25, -0.2) is 4.98 Å². The summed E-state index contributed by atoms with van der Waals surface area (Å²) in [4.78, 5) is 18.4. The molecule has 0 saturated heterocycles. The molecule has 1 unspecified atom stereocenters. The van der Waals surface area contributed by atoms with E-state index in [0.717, 1.165) is 28.2 Å². The van der Waals surface area contributed by atoms with Crippen LogP contribution in [0.2, 0.25) is 0 Å². The lowest BCUT2D eigenvalue weighted by molar-refractivity contribution is -0.113. The van der Waals surface area contributed by atoms with Crippen molar-refractivity contribution in [2.75, 3.05) is 17.2 Å². The number of nitrogens with one attached hydrogen (secondary N) is 2. The Balaban J connectivity index is 1.63. The van der Waals surface area contributed by atoms with Crippen LogP contribution in [0.15, 0.2) is 90.1 Å². The van der Waals surface area contributed by atoms with Crippen LogP contribution in [0.5, 0.6) is 5.75 Å². The van der Waals surface area contributed by atoms with E-state index in [0.29, 0.717) is 23.6 Å². The predicted octanol–water partition coefficient (Wildman–Crippen LogP) is 5.36. The predicted molar refractivity (Wildman–Crippen MR) is 127 cm³/mol. The molecular weight excluding hydrogens is 400 g/mol. The number of hydrogen-bond donors (Lipinski definition) is 2. The molecule has 0 spiro atoms. The van der Waals surface area contributed by atoms with E-state index in [9.17, 15) is 4.79 Å². The number of hydrogen-bond acceptors (Lipinski definition) is 4. The SMILES string of the molecule is CCOc1ccccc1NC(=O)C1=C(C)Nc2nc3ccccc3n2C1c1ccccc1. The van der Waals surface area contributed by atoms with Crippen LogP contribution in [0.1, 0.15) is 25.5 Å². The maximum atomic E-state index is 13.7. The number of ether oxygens (including phenoxy) is 1. The average molecular weight is 425 g/mol. The molecular formula is C26H24N4O2. The van der Waals surface area contributed by atoms with Gasteiger partial charge in [0.1, 0.15) is 5.75 Å². The van der Waals surface area contributed by atoms with Gasteiger partial charge >= 0.3 is 0 Å². The van der Waals surface area contributed by atoms with Crippen molar-refractivity contribution < 1.29 is 9.53 Å². The molecule has 3 aromatic carbocycles. The van der Waals surface area contributed by atoms with Crippen molar-refractivity contribution in [2.45, 2.75) is 19.9 Å². The van der Waals surface area contributed by atoms with Crippen LogP contribution >= 0.6 is 0 Å².